The van der Waals surface area contributed by atoms with Gasteiger partial charge in [0.05, 0.1) is 6.54 Å². The summed E-state index contributed by atoms with van der Waals surface area (Å²) in [4.78, 5) is 6.54. The third kappa shape index (κ3) is 5.57. The third-order valence-electron chi connectivity index (χ3n) is 3.90. The molecule has 110 valence electrons. The Morgan fingerprint density at radius 2 is 1.89 bits per heavy atom. The van der Waals surface area contributed by atoms with E-state index in [9.17, 15) is 0 Å². The summed E-state index contributed by atoms with van der Waals surface area (Å²) < 4.78 is 0. The first-order valence-corrected chi connectivity index (χ1v) is 6.70. The second-order valence-electron chi connectivity index (χ2n) is 5.16. The van der Waals surface area contributed by atoms with Crippen molar-refractivity contribution in [2.75, 3.05) is 34.2 Å². The summed E-state index contributed by atoms with van der Waals surface area (Å²) in [7, 11) is 6.12. The van der Waals surface area contributed by atoms with Crippen LogP contribution in [0.25, 0.3) is 0 Å². The summed E-state index contributed by atoms with van der Waals surface area (Å²) >= 11 is 0. The quantitative estimate of drug-likeness (QED) is 0.338. The second kappa shape index (κ2) is 9.43. The Bertz CT molecular complexity index is 314. The molecule has 2 N–H and O–H groups in total. The number of nitrogens with one attached hydrogen (secondary N) is 2. The molecule has 0 amide bonds. The lowest BCUT2D eigenvalue weighted by Gasteiger charge is -2.43. The molecule has 0 radical (unpaired) electrons. The van der Waals surface area contributed by atoms with Crippen molar-refractivity contribution in [2.24, 2.45) is 4.99 Å². The van der Waals surface area contributed by atoms with Gasteiger partial charge in [-0.2, -0.15) is 0 Å². The minimum atomic E-state index is 0. The number of likely N-dealkylation sites (N-methyl/N-ethyl adjacent to an activating group) is 1. The Hall–Kier alpha value is -0.480. The predicted molar refractivity (Wildman–Crippen MR) is 93.1 cm³/mol. The third-order valence-corrected chi connectivity index (χ3v) is 3.90. The van der Waals surface area contributed by atoms with Crippen LogP contribution in [0.3, 0.4) is 0 Å². The molecule has 0 aliphatic heterocycles. The summed E-state index contributed by atoms with van der Waals surface area (Å²) in [6.07, 6.45) is 11.7. The standard InChI is InChI=1S/C14H26N4.HI/c1-5-11-16-13(15-2)17-12-14(18(3)4)9-7-6-8-10-14;/h1H,6-12H2,2-4H3,(H2,15,16,17);1H. The molecule has 0 atom stereocenters. The molecular weight excluding hydrogens is 351 g/mol. The Morgan fingerprint density at radius 1 is 1.26 bits per heavy atom. The number of terminal acetylenes is 1. The van der Waals surface area contributed by atoms with Crippen LogP contribution in [0.1, 0.15) is 32.1 Å². The van der Waals surface area contributed by atoms with E-state index in [0.717, 1.165) is 12.5 Å². The largest absolute Gasteiger partial charge is 0.355 e. The Morgan fingerprint density at radius 3 is 2.37 bits per heavy atom. The minimum Gasteiger partial charge on any atom is -0.355 e. The molecule has 0 aromatic rings. The van der Waals surface area contributed by atoms with Crippen LogP contribution < -0.4 is 10.6 Å². The lowest BCUT2D eigenvalue weighted by atomic mass is 9.80. The molecule has 0 aromatic heterocycles. The normalized spacial score (nSPS) is 18.4. The molecule has 0 saturated heterocycles. The number of nitrogens with zero attached hydrogens (tertiary/aromatic N) is 2. The van der Waals surface area contributed by atoms with Gasteiger partial charge in [-0.25, -0.2) is 0 Å². The van der Waals surface area contributed by atoms with Gasteiger partial charge in [0.1, 0.15) is 0 Å². The summed E-state index contributed by atoms with van der Waals surface area (Å²) in [5, 5.41) is 6.50. The molecule has 1 fully saturated rings. The molecule has 0 bridgehead atoms. The van der Waals surface area contributed by atoms with E-state index in [1.165, 1.54) is 32.1 Å². The summed E-state index contributed by atoms with van der Waals surface area (Å²) in [6, 6.07) is 0. The minimum absolute atomic E-state index is 0. The molecule has 0 aromatic carbocycles. The zero-order chi connectivity index (χ0) is 13.4. The smallest absolute Gasteiger partial charge is 0.191 e. The number of guanidine groups is 1. The zero-order valence-electron chi connectivity index (χ0n) is 12.3. The highest BCUT2D eigenvalue weighted by molar-refractivity contribution is 14.0. The van der Waals surface area contributed by atoms with Crippen LogP contribution in [0, 0.1) is 12.3 Å². The van der Waals surface area contributed by atoms with Crippen molar-refractivity contribution in [3.63, 3.8) is 0 Å². The summed E-state index contributed by atoms with van der Waals surface area (Å²) in [5.41, 5.74) is 0.256. The highest BCUT2D eigenvalue weighted by Gasteiger charge is 2.34. The van der Waals surface area contributed by atoms with Crippen LogP contribution in [0.5, 0.6) is 0 Å². The lowest BCUT2D eigenvalue weighted by molar-refractivity contribution is 0.104. The van der Waals surface area contributed by atoms with E-state index in [-0.39, 0.29) is 29.5 Å². The van der Waals surface area contributed by atoms with Crippen molar-refractivity contribution in [1.29, 1.82) is 0 Å². The van der Waals surface area contributed by atoms with Gasteiger partial charge in [0.15, 0.2) is 5.96 Å². The fourth-order valence-corrected chi connectivity index (χ4v) is 2.60. The van der Waals surface area contributed by atoms with Gasteiger partial charge in [-0.05, 0) is 26.9 Å². The van der Waals surface area contributed by atoms with E-state index in [0.29, 0.717) is 6.54 Å². The first kappa shape index (κ1) is 18.5. The molecule has 0 heterocycles. The van der Waals surface area contributed by atoms with E-state index in [1.54, 1.807) is 7.05 Å². The van der Waals surface area contributed by atoms with Crippen LogP contribution >= 0.6 is 24.0 Å². The number of hydrogen-bond donors (Lipinski definition) is 2. The van der Waals surface area contributed by atoms with Gasteiger partial charge >= 0.3 is 0 Å². The van der Waals surface area contributed by atoms with Gasteiger partial charge in [-0.1, -0.05) is 25.2 Å². The monoisotopic (exact) mass is 378 g/mol. The van der Waals surface area contributed by atoms with Gasteiger partial charge in [-0.15, -0.1) is 30.4 Å². The fraction of sp³-hybridized carbons (Fsp3) is 0.786. The van der Waals surface area contributed by atoms with Crippen molar-refractivity contribution >= 4 is 29.9 Å². The molecule has 19 heavy (non-hydrogen) atoms. The van der Waals surface area contributed by atoms with Crippen LogP contribution in [-0.2, 0) is 0 Å². The number of aliphatic imine (C=N–C) groups is 1. The summed E-state index contributed by atoms with van der Waals surface area (Å²) in [6.45, 7) is 1.43. The predicted octanol–water partition coefficient (Wildman–Crippen LogP) is 1.67. The average Bonchev–Trinajstić information content (AvgIpc) is 2.40. The molecule has 1 aliphatic rings. The van der Waals surface area contributed by atoms with Gasteiger partial charge in [0, 0.05) is 19.1 Å². The van der Waals surface area contributed by atoms with Crippen LogP contribution in [-0.4, -0.2) is 50.6 Å². The van der Waals surface area contributed by atoms with Gasteiger partial charge in [0.2, 0.25) is 0 Å². The number of halogens is 1. The molecule has 1 saturated carbocycles. The van der Waals surface area contributed by atoms with Crippen LogP contribution in [0.15, 0.2) is 4.99 Å². The lowest BCUT2D eigenvalue weighted by Crippen LogP contribution is -2.55. The van der Waals surface area contributed by atoms with Crippen molar-refractivity contribution < 1.29 is 0 Å². The second-order valence-corrected chi connectivity index (χ2v) is 5.16. The topological polar surface area (TPSA) is 39.7 Å². The Labute approximate surface area is 134 Å². The highest BCUT2D eigenvalue weighted by Crippen LogP contribution is 2.31. The van der Waals surface area contributed by atoms with Crippen molar-refractivity contribution in [3.8, 4) is 12.3 Å². The first-order valence-electron chi connectivity index (χ1n) is 6.70. The van der Waals surface area contributed by atoms with Crippen LogP contribution in [0.4, 0.5) is 0 Å². The van der Waals surface area contributed by atoms with Gasteiger partial charge < -0.3 is 15.5 Å². The molecular formula is C14H27IN4. The maximum absolute atomic E-state index is 5.24. The summed E-state index contributed by atoms with van der Waals surface area (Å²) in [5.74, 6) is 3.35. The maximum Gasteiger partial charge on any atom is 0.191 e. The molecule has 4 nitrogen and oxygen atoms in total. The zero-order valence-corrected chi connectivity index (χ0v) is 14.7. The highest BCUT2D eigenvalue weighted by atomic mass is 127. The maximum atomic E-state index is 5.24. The molecule has 0 spiro atoms. The SMILES string of the molecule is C#CCNC(=NC)NCC1(N(C)C)CCCCC1.I. The molecule has 5 heteroatoms. The van der Waals surface area contributed by atoms with E-state index in [2.05, 4.69) is 40.5 Å². The van der Waals surface area contributed by atoms with Crippen LogP contribution in [0.2, 0.25) is 0 Å². The van der Waals surface area contributed by atoms with Crippen molar-refractivity contribution in [3.05, 3.63) is 0 Å². The number of hydrogen-bond acceptors (Lipinski definition) is 2. The molecule has 0 unspecified atom stereocenters. The van der Waals surface area contributed by atoms with E-state index < -0.39 is 0 Å². The Balaban J connectivity index is 0.00000324. The van der Waals surface area contributed by atoms with E-state index in [4.69, 9.17) is 6.42 Å². The van der Waals surface area contributed by atoms with E-state index in [1.807, 2.05) is 0 Å². The molecule has 1 rings (SSSR count). The molecule has 1 aliphatic carbocycles. The van der Waals surface area contributed by atoms with Gasteiger partial charge in [0.25, 0.3) is 0 Å². The number of rotatable bonds is 4. The van der Waals surface area contributed by atoms with Crippen molar-refractivity contribution in [1.82, 2.24) is 15.5 Å². The average molecular weight is 378 g/mol. The van der Waals surface area contributed by atoms with E-state index >= 15 is 0 Å². The fourth-order valence-electron chi connectivity index (χ4n) is 2.60. The first-order chi connectivity index (χ1) is 8.64. The van der Waals surface area contributed by atoms with Gasteiger partial charge in [-0.3, -0.25) is 4.99 Å². The van der Waals surface area contributed by atoms with Crippen molar-refractivity contribution in [2.45, 2.75) is 37.6 Å². The Kier molecular flexibility index (Phi) is 9.19.